The first-order valence-electron chi connectivity index (χ1n) is 9.14. The lowest BCUT2D eigenvalue weighted by Gasteiger charge is -2.39. The van der Waals surface area contributed by atoms with Crippen LogP contribution in [-0.2, 0) is 22.4 Å². The molecular formula is C21H21ClN2O3. The quantitative estimate of drug-likeness (QED) is 0.860. The average molecular weight is 385 g/mol. The van der Waals surface area contributed by atoms with E-state index in [-0.39, 0.29) is 11.8 Å². The van der Waals surface area contributed by atoms with Crippen molar-refractivity contribution in [3.05, 3.63) is 58.6 Å². The topological polar surface area (TPSA) is 58.6 Å². The molecule has 0 saturated carbocycles. The molecule has 2 heterocycles. The standard InChI is InChI=1S/C21H21ClN2O3/c22-17-4-1-14(2-5-17)9-21(26)24-11-15(12-24)13-27-18-6-7-19-16(10-18)3-8-20(25)23-19/h1-2,4-7,10,15H,3,8-9,11-13H2,(H,23,25). The molecule has 5 nitrogen and oxygen atoms in total. The van der Waals surface area contributed by atoms with Gasteiger partial charge in [0, 0.05) is 36.1 Å². The number of ether oxygens (including phenoxy) is 1. The number of rotatable bonds is 5. The van der Waals surface area contributed by atoms with Gasteiger partial charge in [-0.05, 0) is 47.9 Å². The second-order valence-electron chi connectivity index (χ2n) is 7.15. The van der Waals surface area contributed by atoms with Crippen molar-refractivity contribution in [1.29, 1.82) is 0 Å². The molecule has 0 aromatic heterocycles. The molecule has 2 aliphatic rings. The van der Waals surface area contributed by atoms with Gasteiger partial charge in [0.05, 0.1) is 13.0 Å². The molecule has 1 saturated heterocycles. The Kier molecular flexibility index (Phi) is 5.03. The van der Waals surface area contributed by atoms with Crippen LogP contribution in [0.15, 0.2) is 42.5 Å². The van der Waals surface area contributed by atoms with Crippen molar-refractivity contribution in [3.8, 4) is 5.75 Å². The van der Waals surface area contributed by atoms with E-state index in [2.05, 4.69) is 5.32 Å². The molecule has 2 aromatic rings. The summed E-state index contributed by atoms with van der Waals surface area (Å²) in [7, 11) is 0. The molecule has 0 spiro atoms. The number of benzene rings is 2. The number of fused-ring (bicyclic) bond motifs is 1. The lowest BCUT2D eigenvalue weighted by atomic mass is 9.99. The highest BCUT2D eigenvalue weighted by atomic mass is 35.5. The van der Waals surface area contributed by atoms with Gasteiger partial charge in [-0.15, -0.1) is 0 Å². The number of carbonyl (C=O) groups is 2. The summed E-state index contributed by atoms with van der Waals surface area (Å²) in [4.78, 5) is 25.6. The third-order valence-electron chi connectivity index (χ3n) is 5.04. The summed E-state index contributed by atoms with van der Waals surface area (Å²) in [6, 6.07) is 13.2. The molecule has 0 atom stereocenters. The molecule has 1 fully saturated rings. The van der Waals surface area contributed by atoms with E-state index in [0.29, 0.717) is 30.4 Å². The maximum atomic E-state index is 12.3. The summed E-state index contributed by atoms with van der Waals surface area (Å²) in [5.41, 5.74) is 2.96. The molecule has 0 radical (unpaired) electrons. The van der Waals surface area contributed by atoms with E-state index in [9.17, 15) is 9.59 Å². The first kappa shape index (κ1) is 17.9. The Morgan fingerprint density at radius 1 is 1.15 bits per heavy atom. The Labute approximate surface area is 163 Å². The monoisotopic (exact) mass is 384 g/mol. The Morgan fingerprint density at radius 3 is 2.70 bits per heavy atom. The van der Waals surface area contributed by atoms with Crippen LogP contribution >= 0.6 is 11.6 Å². The van der Waals surface area contributed by atoms with Crippen LogP contribution in [0.25, 0.3) is 0 Å². The predicted octanol–water partition coefficient (Wildman–Crippen LogP) is 3.30. The second kappa shape index (κ2) is 7.61. The summed E-state index contributed by atoms with van der Waals surface area (Å²) < 4.78 is 5.90. The van der Waals surface area contributed by atoms with Crippen molar-refractivity contribution in [2.45, 2.75) is 19.3 Å². The van der Waals surface area contributed by atoms with Crippen LogP contribution in [0.1, 0.15) is 17.5 Å². The van der Waals surface area contributed by atoms with E-state index in [4.69, 9.17) is 16.3 Å². The molecule has 2 aromatic carbocycles. The minimum absolute atomic E-state index is 0.0639. The highest BCUT2D eigenvalue weighted by Gasteiger charge is 2.31. The fourth-order valence-corrected chi connectivity index (χ4v) is 3.56. The van der Waals surface area contributed by atoms with Gasteiger partial charge in [-0.2, -0.15) is 0 Å². The van der Waals surface area contributed by atoms with Gasteiger partial charge >= 0.3 is 0 Å². The van der Waals surface area contributed by atoms with Crippen LogP contribution in [0.4, 0.5) is 5.69 Å². The van der Waals surface area contributed by atoms with Gasteiger partial charge in [-0.1, -0.05) is 23.7 Å². The highest BCUT2D eigenvalue weighted by Crippen LogP contribution is 2.27. The molecule has 140 valence electrons. The lowest BCUT2D eigenvalue weighted by molar-refractivity contribution is -0.137. The minimum Gasteiger partial charge on any atom is -0.493 e. The summed E-state index contributed by atoms with van der Waals surface area (Å²) in [5.74, 6) is 1.37. The van der Waals surface area contributed by atoms with Gasteiger partial charge in [0.1, 0.15) is 5.75 Å². The smallest absolute Gasteiger partial charge is 0.227 e. The predicted molar refractivity (Wildman–Crippen MR) is 104 cm³/mol. The van der Waals surface area contributed by atoms with Crippen molar-refractivity contribution in [1.82, 2.24) is 4.90 Å². The fourth-order valence-electron chi connectivity index (χ4n) is 3.43. The van der Waals surface area contributed by atoms with E-state index in [1.54, 1.807) is 12.1 Å². The number of amides is 2. The molecule has 4 rings (SSSR count). The average Bonchev–Trinajstić information content (AvgIpc) is 2.62. The number of carbonyl (C=O) groups excluding carboxylic acids is 2. The summed E-state index contributed by atoms with van der Waals surface area (Å²) in [5, 5.41) is 3.55. The zero-order valence-electron chi connectivity index (χ0n) is 14.9. The summed E-state index contributed by atoms with van der Waals surface area (Å²) in [6.45, 7) is 2.05. The first-order chi connectivity index (χ1) is 13.1. The molecule has 6 heteroatoms. The zero-order valence-corrected chi connectivity index (χ0v) is 15.7. The maximum absolute atomic E-state index is 12.3. The molecule has 2 aliphatic heterocycles. The maximum Gasteiger partial charge on any atom is 0.227 e. The number of anilines is 1. The summed E-state index contributed by atoms with van der Waals surface area (Å²) in [6.07, 6.45) is 1.67. The molecular weight excluding hydrogens is 364 g/mol. The Morgan fingerprint density at radius 2 is 1.93 bits per heavy atom. The molecule has 27 heavy (non-hydrogen) atoms. The highest BCUT2D eigenvalue weighted by molar-refractivity contribution is 6.30. The van der Waals surface area contributed by atoms with E-state index < -0.39 is 0 Å². The van der Waals surface area contributed by atoms with Crippen molar-refractivity contribution in [2.75, 3.05) is 25.0 Å². The number of hydrogen-bond acceptors (Lipinski definition) is 3. The largest absolute Gasteiger partial charge is 0.493 e. The van der Waals surface area contributed by atoms with Gasteiger partial charge in [0.15, 0.2) is 0 Å². The van der Waals surface area contributed by atoms with Crippen molar-refractivity contribution in [3.63, 3.8) is 0 Å². The number of aryl methyl sites for hydroxylation is 1. The van der Waals surface area contributed by atoms with Crippen molar-refractivity contribution < 1.29 is 14.3 Å². The Bertz CT molecular complexity index is 860. The van der Waals surface area contributed by atoms with Crippen LogP contribution in [0.2, 0.25) is 5.02 Å². The summed E-state index contributed by atoms with van der Waals surface area (Å²) >= 11 is 5.87. The third kappa shape index (κ3) is 4.25. The second-order valence-corrected chi connectivity index (χ2v) is 7.58. The van der Waals surface area contributed by atoms with Crippen molar-refractivity contribution in [2.24, 2.45) is 5.92 Å². The normalized spacial score (nSPS) is 16.3. The fraction of sp³-hybridized carbons (Fsp3) is 0.333. The number of nitrogens with zero attached hydrogens (tertiary/aromatic N) is 1. The molecule has 0 bridgehead atoms. The van der Waals surface area contributed by atoms with Gasteiger partial charge in [0.25, 0.3) is 0 Å². The van der Waals surface area contributed by atoms with Crippen LogP contribution in [0.5, 0.6) is 5.75 Å². The van der Waals surface area contributed by atoms with E-state index >= 15 is 0 Å². The number of hydrogen-bond donors (Lipinski definition) is 1. The molecule has 2 amide bonds. The molecule has 1 N–H and O–H groups in total. The minimum atomic E-state index is 0.0639. The van der Waals surface area contributed by atoms with Crippen LogP contribution in [-0.4, -0.2) is 36.4 Å². The lowest BCUT2D eigenvalue weighted by Crippen LogP contribution is -2.52. The molecule has 0 unspecified atom stereocenters. The van der Waals surface area contributed by atoms with Crippen LogP contribution in [0, 0.1) is 5.92 Å². The van der Waals surface area contributed by atoms with Gasteiger partial charge in [-0.25, -0.2) is 0 Å². The van der Waals surface area contributed by atoms with E-state index in [1.807, 2.05) is 35.2 Å². The van der Waals surface area contributed by atoms with Crippen LogP contribution in [0.3, 0.4) is 0 Å². The first-order valence-corrected chi connectivity index (χ1v) is 9.52. The number of likely N-dealkylation sites (tertiary alicyclic amines) is 1. The van der Waals surface area contributed by atoms with Crippen molar-refractivity contribution >= 4 is 29.1 Å². The zero-order chi connectivity index (χ0) is 18.8. The molecule has 0 aliphatic carbocycles. The number of nitrogens with one attached hydrogen (secondary N) is 1. The van der Waals surface area contributed by atoms with Gasteiger partial charge in [0.2, 0.25) is 11.8 Å². The Hall–Kier alpha value is -2.53. The van der Waals surface area contributed by atoms with E-state index in [0.717, 1.165) is 42.1 Å². The SMILES string of the molecule is O=C1CCc2cc(OCC3CN(C(=O)Cc4ccc(Cl)cc4)C3)ccc2N1. The number of halogens is 1. The van der Waals surface area contributed by atoms with Gasteiger partial charge < -0.3 is 15.0 Å². The Balaban J connectivity index is 1.23. The van der Waals surface area contributed by atoms with E-state index in [1.165, 1.54) is 0 Å². The van der Waals surface area contributed by atoms with Gasteiger partial charge in [-0.3, -0.25) is 9.59 Å². The third-order valence-corrected chi connectivity index (χ3v) is 5.29. The van der Waals surface area contributed by atoms with Crippen LogP contribution < -0.4 is 10.1 Å².